The zero-order chi connectivity index (χ0) is 16.6. The van der Waals surface area contributed by atoms with Crippen molar-refractivity contribution in [2.45, 2.75) is 45.7 Å². The molecule has 1 aliphatic carbocycles. The predicted octanol–water partition coefficient (Wildman–Crippen LogP) is 3.51. The Labute approximate surface area is 138 Å². The van der Waals surface area contributed by atoms with E-state index in [2.05, 4.69) is 31.2 Å². The molecule has 0 radical (unpaired) electrons. The van der Waals surface area contributed by atoms with Crippen molar-refractivity contribution in [1.82, 2.24) is 9.88 Å². The first-order chi connectivity index (χ1) is 11.0. The molecule has 3 rings (SSSR count). The molecular weight excluding hydrogens is 286 g/mol. The van der Waals surface area contributed by atoms with Gasteiger partial charge in [0.15, 0.2) is 0 Å². The van der Waals surface area contributed by atoms with Gasteiger partial charge in [0, 0.05) is 44.1 Å². The third-order valence-corrected chi connectivity index (χ3v) is 4.40. The molecule has 1 aliphatic rings. The number of aromatic nitrogens is 1. The van der Waals surface area contributed by atoms with Gasteiger partial charge in [0.1, 0.15) is 5.82 Å². The highest BCUT2D eigenvalue weighted by Crippen LogP contribution is 2.31. The van der Waals surface area contributed by atoms with Crippen LogP contribution in [0.1, 0.15) is 37.3 Å². The van der Waals surface area contributed by atoms with E-state index in [1.54, 1.807) is 0 Å². The Kier molecular flexibility index (Phi) is 4.24. The molecule has 4 nitrogen and oxygen atoms in total. The zero-order valence-electron chi connectivity index (χ0n) is 14.5. The Balaban J connectivity index is 2.02. The molecule has 0 saturated heterocycles. The number of hydrogen-bond donors (Lipinski definition) is 0. The van der Waals surface area contributed by atoms with Crippen LogP contribution in [0.4, 0.5) is 5.82 Å². The van der Waals surface area contributed by atoms with Crippen molar-refractivity contribution in [3.05, 3.63) is 35.4 Å². The maximum Gasteiger partial charge on any atom is 0.222 e. The van der Waals surface area contributed by atoms with Crippen LogP contribution in [-0.2, 0) is 11.3 Å². The van der Waals surface area contributed by atoms with Gasteiger partial charge in [0.25, 0.3) is 0 Å². The van der Waals surface area contributed by atoms with Crippen molar-refractivity contribution < 1.29 is 4.79 Å². The normalized spacial score (nSPS) is 14.1. The van der Waals surface area contributed by atoms with Crippen LogP contribution < -0.4 is 4.90 Å². The van der Waals surface area contributed by atoms with Gasteiger partial charge in [-0.1, -0.05) is 19.1 Å². The SMILES string of the molecule is CCC(=O)N(Cc1cc2ccc(C)cc2nc1N(C)C)C1CC1. The van der Waals surface area contributed by atoms with Gasteiger partial charge in [0.05, 0.1) is 5.52 Å². The van der Waals surface area contributed by atoms with Crippen LogP contribution in [0.3, 0.4) is 0 Å². The molecule has 1 saturated carbocycles. The molecule has 122 valence electrons. The van der Waals surface area contributed by atoms with Crippen LogP contribution in [0.15, 0.2) is 24.3 Å². The molecule has 0 atom stereocenters. The number of fused-ring (bicyclic) bond motifs is 1. The van der Waals surface area contributed by atoms with Crippen molar-refractivity contribution in [1.29, 1.82) is 0 Å². The van der Waals surface area contributed by atoms with E-state index in [-0.39, 0.29) is 5.91 Å². The number of aryl methyl sites for hydroxylation is 1. The van der Waals surface area contributed by atoms with Gasteiger partial charge in [-0.15, -0.1) is 0 Å². The summed E-state index contributed by atoms with van der Waals surface area (Å²) in [5, 5.41) is 1.14. The lowest BCUT2D eigenvalue weighted by Crippen LogP contribution is -2.32. The zero-order valence-corrected chi connectivity index (χ0v) is 14.5. The topological polar surface area (TPSA) is 36.4 Å². The summed E-state index contributed by atoms with van der Waals surface area (Å²) >= 11 is 0. The Morgan fingerprint density at radius 2 is 2.00 bits per heavy atom. The standard InChI is InChI=1S/C19H25N3O/c1-5-18(23)22(16-8-9-16)12-15-11-14-7-6-13(2)10-17(14)20-19(15)21(3)4/h6-7,10-11,16H,5,8-9,12H2,1-4H3. The molecule has 1 amide bonds. The minimum atomic E-state index is 0.237. The first kappa shape index (κ1) is 15.8. The molecule has 0 unspecified atom stereocenters. The van der Waals surface area contributed by atoms with Crippen molar-refractivity contribution >= 4 is 22.6 Å². The fourth-order valence-corrected chi connectivity index (χ4v) is 3.01. The summed E-state index contributed by atoms with van der Waals surface area (Å²) in [4.78, 5) is 21.2. The molecule has 0 spiro atoms. The van der Waals surface area contributed by atoms with Gasteiger partial charge in [-0.05, 0) is 37.5 Å². The Morgan fingerprint density at radius 3 is 2.61 bits per heavy atom. The van der Waals surface area contributed by atoms with Gasteiger partial charge in [-0.2, -0.15) is 0 Å². The second kappa shape index (κ2) is 6.19. The molecule has 0 N–H and O–H groups in total. The van der Waals surface area contributed by atoms with E-state index in [0.717, 1.165) is 35.1 Å². The molecule has 1 aromatic carbocycles. The van der Waals surface area contributed by atoms with Crippen LogP contribution in [0.2, 0.25) is 0 Å². The van der Waals surface area contributed by atoms with E-state index >= 15 is 0 Å². The molecule has 0 bridgehead atoms. The summed E-state index contributed by atoms with van der Waals surface area (Å²) in [6.07, 6.45) is 2.82. The van der Waals surface area contributed by atoms with Gasteiger partial charge >= 0.3 is 0 Å². The number of anilines is 1. The van der Waals surface area contributed by atoms with E-state index < -0.39 is 0 Å². The average Bonchev–Trinajstić information content (AvgIpc) is 3.35. The van der Waals surface area contributed by atoms with E-state index in [9.17, 15) is 4.79 Å². The third-order valence-electron chi connectivity index (χ3n) is 4.40. The number of amides is 1. The van der Waals surface area contributed by atoms with Gasteiger partial charge in [0.2, 0.25) is 5.91 Å². The Hall–Kier alpha value is -2.10. The number of hydrogen-bond acceptors (Lipinski definition) is 3. The average molecular weight is 311 g/mol. The van der Waals surface area contributed by atoms with Crippen LogP contribution in [0, 0.1) is 6.92 Å². The fourth-order valence-electron chi connectivity index (χ4n) is 3.01. The molecule has 1 heterocycles. The van der Waals surface area contributed by atoms with Crippen LogP contribution in [0.25, 0.3) is 10.9 Å². The summed E-state index contributed by atoms with van der Waals surface area (Å²) in [5.41, 5.74) is 3.35. The number of carbonyl (C=O) groups is 1. The van der Waals surface area contributed by atoms with E-state index in [4.69, 9.17) is 4.98 Å². The minimum absolute atomic E-state index is 0.237. The summed E-state index contributed by atoms with van der Waals surface area (Å²) in [7, 11) is 4.02. The third kappa shape index (κ3) is 3.31. The van der Waals surface area contributed by atoms with E-state index in [1.807, 2.05) is 30.8 Å². The molecule has 2 aromatic rings. The van der Waals surface area contributed by atoms with Crippen molar-refractivity contribution in [2.24, 2.45) is 0 Å². The number of carbonyl (C=O) groups excluding carboxylic acids is 1. The maximum absolute atomic E-state index is 12.3. The van der Waals surface area contributed by atoms with Crippen LogP contribution in [0.5, 0.6) is 0 Å². The summed E-state index contributed by atoms with van der Waals surface area (Å²) in [5.74, 6) is 1.19. The van der Waals surface area contributed by atoms with E-state index in [0.29, 0.717) is 19.0 Å². The van der Waals surface area contributed by atoms with Crippen LogP contribution >= 0.6 is 0 Å². The highest BCUT2D eigenvalue weighted by atomic mass is 16.2. The molecule has 4 heteroatoms. The molecule has 1 fully saturated rings. The Morgan fingerprint density at radius 1 is 1.26 bits per heavy atom. The predicted molar refractivity (Wildman–Crippen MR) is 94.7 cm³/mol. The fraction of sp³-hybridized carbons (Fsp3) is 0.474. The van der Waals surface area contributed by atoms with Crippen molar-refractivity contribution in [2.75, 3.05) is 19.0 Å². The smallest absolute Gasteiger partial charge is 0.222 e. The summed E-state index contributed by atoms with van der Waals surface area (Å²) < 4.78 is 0. The van der Waals surface area contributed by atoms with Gasteiger partial charge in [-0.25, -0.2) is 4.98 Å². The summed E-state index contributed by atoms with van der Waals surface area (Å²) in [6.45, 7) is 4.67. The first-order valence-corrected chi connectivity index (χ1v) is 8.36. The monoisotopic (exact) mass is 311 g/mol. The largest absolute Gasteiger partial charge is 0.362 e. The van der Waals surface area contributed by atoms with Crippen molar-refractivity contribution in [3.63, 3.8) is 0 Å². The second-order valence-corrected chi connectivity index (χ2v) is 6.67. The first-order valence-electron chi connectivity index (χ1n) is 8.36. The van der Waals surface area contributed by atoms with Gasteiger partial charge in [-0.3, -0.25) is 4.79 Å². The number of pyridine rings is 1. The number of rotatable bonds is 5. The lowest BCUT2D eigenvalue weighted by Gasteiger charge is -2.25. The van der Waals surface area contributed by atoms with Crippen LogP contribution in [-0.4, -0.2) is 35.9 Å². The highest BCUT2D eigenvalue weighted by molar-refractivity contribution is 5.83. The molecule has 23 heavy (non-hydrogen) atoms. The van der Waals surface area contributed by atoms with Gasteiger partial charge < -0.3 is 9.80 Å². The summed E-state index contributed by atoms with van der Waals surface area (Å²) in [6, 6.07) is 8.95. The number of benzene rings is 1. The second-order valence-electron chi connectivity index (χ2n) is 6.67. The quantitative estimate of drug-likeness (QED) is 0.848. The number of nitrogens with zero attached hydrogens (tertiary/aromatic N) is 3. The molecular formula is C19H25N3O. The highest BCUT2D eigenvalue weighted by Gasteiger charge is 2.32. The van der Waals surface area contributed by atoms with E-state index in [1.165, 1.54) is 5.56 Å². The maximum atomic E-state index is 12.3. The lowest BCUT2D eigenvalue weighted by atomic mass is 10.1. The van der Waals surface area contributed by atoms with Crippen molar-refractivity contribution in [3.8, 4) is 0 Å². The molecule has 1 aromatic heterocycles. The minimum Gasteiger partial charge on any atom is -0.362 e. The Bertz CT molecular complexity index is 735. The lowest BCUT2D eigenvalue weighted by molar-refractivity contribution is -0.132. The molecule has 0 aliphatic heterocycles.